The van der Waals surface area contributed by atoms with E-state index in [2.05, 4.69) is 38.1 Å². The number of rotatable bonds is 0. The van der Waals surface area contributed by atoms with E-state index in [1.165, 1.54) is 11.1 Å². The second-order valence-corrected chi connectivity index (χ2v) is 2.92. The maximum absolute atomic E-state index is 2.08. The predicted molar refractivity (Wildman–Crippen MR) is 53.5 cm³/mol. The summed E-state index contributed by atoms with van der Waals surface area (Å²) in [5.74, 6) is 0. The minimum absolute atomic E-state index is 0. The molecule has 0 spiro atoms. The van der Waals surface area contributed by atoms with Gasteiger partial charge in [0.15, 0.2) is 0 Å². The van der Waals surface area contributed by atoms with Crippen LogP contribution in [0.1, 0.15) is 11.1 Å². The summed E-state index contributed by atoms with van der Waals surface area (Å²) in [5, 5.41) is 0. The minimum Gasteiger partial charge on any atom is -0.213 e. The molecule has 1 radical (unpaired) electrons. The summed E-state index contributed by atoms with van der Waals surface area (Å²) in [4.78, 5) is 0. The molecule has 0 bridgehead atoms. The zero-order valence-electron chi connectivity index (χ0n) is 8.20. The molecule has 0 heterocycles. The van der Waals surface area contributed by atoms with Gasteiger partial charge < -0.3 is 0 Å². The van der Waals surface area contributed by atoms with E-state index in [9.17, 15) is 0 Å². The van der Waals surface area contributed by atoms with Crippen LogP contribution in [0, 0.1) is 49.4 Å². The third-order valence-corrected chi connectivity index (χ3v) is 1.66. The van der Waals surface area contributed by atoms with Crippen LogP contribution in [0.2, 0.25) is 0 Å². The topological polar surface area (TPSA) is 0 Å². The zero-order valence-corrected chi connectivity index (χ0v) is 11.8. The van der Waals surface area contributed by atoms with Gasteiger partial charge in [-0.2, -0.15) is 35.4 Å². The Balaban J connectivity index is 0.000000206. The third kappa shape index (κ3) is 6.03. The largest absolute Gasteiger partial charge is 0.213 e. The summed E-state index contributed by atoms with van der Waals surface area (Å²) in [7, 11) is 0. The molecule has 0 unspecified atom stereocenters. The van der Waals surface area contributed by atoms with Crippen molar-refractivity contribution in [1.29, 1.82) is 0 Å². The Kier molecular flexibility index (Phi) is 7.25. The molecule has 2 aromatic carbocycles. The fourth-order valence-corrected chi connectivity index (χ4v) is 0.940. The summed E-state index contributed by atoms with van der Waals surface area (Å²) < 4.78 is 0. The molecule has 13 heavy (non-hydrogen) atoms. The van der Waals surface area contributed by atoms with Crippen LogP contribution in [0.5, 0.6) is 0 Å². The van der Waals surface area contributed by atoms with Gasteiger partial charge in [0.2, 0.25) is 0 Å². The quantitative estimate of drug-likeness (QED) is 0.654. The molecular formula is C12H14La-2. The van der Waals surface area contributed by atoms with Gasteiger partial charge in [-0.15, -0.1) is 0 Å². The Labute approximate surface area is 108 Å². The summed E-state index contributed by atoms with van der Waals surface area (Å²) in [6.07, 6.45) is 0. The van der Waals surface area contributed by atoms with Crippen molar-refractivity contribution in [2.24, 2.45) is 0 Å². The molecule has 1 heteroatoms. The zero-order chi connectivity index (χ0) is 8.81. The molecule has 0 aliphatic rings. The first-order valence-electron chi connectivity index (χ1n) is 4.15. The van der Waals surface area contributed by atoms with E-state index in [4.69, 9.17) is 0 Å². The predicted octanol–water partition coefficient (Wildman–Crippen LogP) is 3.43. The fraction of sp³-hybridized carbons (Fsp3) is 0.167. The first-order valence-corrected chi connectivity index (χ1v) is 4.15. The SMILES string of the molecule is C[c-]1cccc1.C[c-]1cccc1.[La]. The Morgan fingerprint density at radius 2 is 0.846 bits per heavy atom. The molecule has 0 N–H and O–H groups in total. The molecule has 0 aliphatic carbocycles. The molecule has 0 nitrogen and oxygen atoms in total. The van der Waals surface area contributed by atoms with Gasteiger partial charge in [-0.1, -0.05) is 13.8 Å². The van der Waals surface area contributed by atoms with Gasteiger partial charge in [0.25, 0.3) is 0 Å². The van der Waals surface area contributed by atoms with Gasteiger partial charge in [-0.25, -0.2) is 24.3 Å². The van der Waals surface area contributed by atoms with Crippen LogP contribution in [0.3, 0.4) is 0 Å². The summed E-state index contributed by atoms with van der Waals surface area (Å²) in [6.45, 7) is 4.17. The molecule has 0 aromatic heterocycles. The molecule has 0 saturated carbocycles. The van der Waals surface area contributed by atoms with Gasteiger partial charge in [0.1, 0.15) is 0 Å². The second kappa shape index (κ2) is 7.31. The van der Waals surface area contributed by atoms with Gasteiger partial charge in [0.05, 0.1) is 0 Å². The smallest absolute Gasteiger partial charge is 0 e. The van der Waals surface area contributed by atoms with Crippen LogP contribution >= 0.6 is 0 Å². The molecule has 2 rings (SSSR count). The van der Waals surface area contributed by atoms with Crippen molar-refractivity contribution in [2.45, 2.75) is 13.8 Å². The van der Waals surface area contributed by atoms with Gasteiger partial charge in [0, 0.05) is 35.6 Å². The average molecular weight is 297 g/mol. The molecule has 0 saturated heterocycles. The molecule has 0 fully saturated rings. The standard InChI is InChI=1S/2C6H7.La/c2*1-6-4-2-3-5-6;/h2*2-5H,1H3;/q2*-1;. The molecule has 67 valence electrons. The minimum atomic E-state index is 0. The Morgan fingerprint density at radius 3 is 0.923 bits per heavy atom. The molecule has 2 aromatic rings. The van der Waals surface area contributed by atoms with Crippen molar-refractivity contribution in [1.82, 2.24) is 0 Å². The van der Waals surface area contributed by atoms with Crippen molar-refractivity contribution in [3.63, 3.8) is 0 Å². The van der Waals surface area contributed by atoms with Crippen molar-refractivity contribution in [3.8, 4) is 0 Å². The van der Waals surface area contributed by atoms with Gasteiger partial charge >= 0.3 is 0 Å². The third-order valence-electron chi connectivity index (χ3n) is 1.66. The summed E-state index contributed by atoms with van der Waals surface area (Å²) in [5.41, 5.74) is 2.69. The maximum atomic E-state index is 2.08. The van der Waals surface area contributed by atoms with E-state index >= 15 is 0 Å². The van der Waals surface area contributed by atoms with Crippen LogP contribution < -0.4 is 0 Å². The van der Waals surface area contributed by atoms with E-state index < -0.39 is 0 Å². The van der Waals surface area contributed by atoms with Crippen LogP contribution in [0.25, 0.3) is 0 Å². The second-order valence-electron chi connectivity index (χ2n) is 2.92. The maximum Gasteiger partial charge on any atom is 0 e. The molecule has 0 atom stereocenters. The normalized spacial score (nSPS) is 8.15. The van der Waals surface area contributed by atoms with Gasteiger partial charge in [-0.05, 0) is 0 Å². The van der Waals surface area contributed by atoms with E-state index in [0.717, 1.165) is 0 Å². The Bertz CT molecular complexity index is 245. The number of hydrogen-bond donors (Lipinski definition) is 0. The van der Waals surface area contributed by atoms with Crippen molar-refractivity contribution in [3.05, 3.63) is 59.7 Å². The van der Waals surface area contributed by atoms with Crippen molar-refractivity contribution >= 4 is 0 Å². The number of hydrogen-bond acceptors (Lipinski definition) is 0. The molecular weight excluding hydrogens is 283 g/mol. The summed E-state index contributed by atoms with van der Waals surface area (Å²) in [6, 6.07) is 16.5. The van der Waals surface area contributed by atoms with Crippen LogP contribution in [-0.4, -0.2) is 0 Å². The Morgan fingerprint density at radius 1 is 0.615 bits per heavy atom. The van der Waals surface area contributed by atoms with E-state index in [-0.39, 0.29) is 35.6 Å². The Hall–Kier alpha value is -0.105. The van der Waals surface area contributed by atoms with E-state index in [0.29, 0.717) is 0 Å². The van der Waals surface area contributed by atoms with Crippen LogP contribution in [0.15, 0.2) is 48.5 Å². The van der Waals surface area contributed by atoms with Crippen molar-refractivity contribution in [2.75, 3.05) is 0 Å². The van der Waals surface area contributed by atoms with Crippen molar-refractivity contribution < 1.29 is 35.6 Å². The van der Waals surface area contributed by atoms with Crippen LogP contribution in [0.4, 0.5) is 0 Å². The summed E-state index contributed by atoms with van der Waals surface area (Å²) >= 11 is 0. The van der Waals surface area contributed by atoms with Crippen LogP contribution in [-0.2, 0) is 0 Å². The molecule has 0 aliphatic heterocycles. The van der Waals surface area contributed by atoms with E-state index in [1.54, 1.807) is 0 Å². The first-order chi connectivity index (χ1) is 5.79. The fourth-order valence-electron chi connectivity index (χ4n) is 0.940. The average Bonchev–Trinajstić information content (AvgIpc) is 2.63. The van der Waals surface area contributed by atoms with E-state index in [1.807, 2.05) is 24.3 Å². The molecule has 0 amide bonds. The van der Waals surface area contributed by atoms with Gasteiger partial charge in [-0.3, -0.25) is 0 Å². The first kappa shape index (κ1) is 12.9. The number of aryl methyl sites for hydroxylation is 2. The monoisotopic (exact) mass is 297 g/mol.